The predicted octanol–water partition coefficient (Wildman–Crippen LogP) is 2.15. The van der Waals surface area contributed by atoms with E-state index in [0.717, 1.165) is 33.6 Å². The molecule has 4 amide bonds. The zero-order chi connectivity index (χ0) is 27.1. The van der Waals surface area contributed by atoms with Crippen LogP contribution in [0.5, 0.6) is 0 Å². The summed E-state index contributed by atoms with van der Waals surface area (Å²) in [4.78, 5) is 53.6. The first-order valence-corrected chi connectivity index (χ1v) is 13.2. The molecule has 3 aliphatic heterocycles. The Labute approximate surface area is 225 Å². The van der Waals surface area contributed by atoms with Gasteiger partial charge in [0.25, 0.3) is 5.91 Å². The molecule has 1 aromatic heterocycles. The van der Waals surface area contributed by atoms with E-state index >= 15 is 0 Å². The summed E-state index contributed by atoms with van der Waals surface area (Å²) in [5.74, 6) is -0.964. The van der Waals surface area contributed by atoms with Crippen LogP contribution in [-0.2, 0) is 32.2 Å². The molecule has 3 aromatic rings. The molecule has 10 heteroatoms. The van der Waals surface area contributed by atoms with E-state index in [1.54, 1.807) is 20.5 Å². The van der Waals surface area contributed by atoms with Gasteiger partial charge in [0.05, 0.1) is 13.2 Å². The van der Waals surface area contributed by atoms with Gasteiger partial charge in [-0.3, -0.25) is 29.2 Å². The summed E-state index contributed by atoms with van der Waals surface area (Å²) in [5, 5.41) is 7.24. The van der Waals surface area contributed by atoms with Crippen LogP contribution < -0.4 is 5.32 Å². The lowest BCUT2D eigenvalue weighted by Crippen LogP contribution is -2.52. The van der Waals surface area contributed by atoms with Gasteiger partial charge in [0.15, 0.2) is 0 Å². The topological polar surface area (TPSA) is 114 Å². The zero-order valence-electron chi connectivity index (χ0n) is 21.7. The molecule has 0 bridgehead atoms. The molecule has 39 heavy (non-hydrogen) atoms. The predicted molar refractivity (Wildman–Crippen MR) is 141 cm³/mol. The van der Waals surface area contributed by atoms with E-state index in [2.05, 4.69) is 5.32 Å². The van der Waals surface area contributed by atoms with E-state index < -0.39 is 11.9 Å². The van der Waals surface area contributed by atoms with Gasteiger partial charge in [-0.1, -0.05) is 36.4 Å². The molecule has 1 atom stereocenters. The third-order valence-electron chi connectivity index (χ3n) is 7.71. The fourth-order valence-corrected chi connectivity index (χ4v) is 5.62. The third-order valence-corrected chi connectivity index (χ3v) is 7.71. The number of morpholine rings is 1. The standard InChI is InChI=1S/C29H29N5O5/c1-18-26(19-5-3-2-4-6-19)27(31-34(18)17-25(36)32-11-13-39-14-12-32)20-7-8-22-21(15-20)16-33(29(22)38)23-9-10-24(35)30-28(23)37/h2-8,15,23H,9-14,16-17H2,1H3,(H,30,35,37). The molecule has 6 rings (SSSR count). The second-order valence-corrected chi connectivity index (χ2v) is 10.1. The van der Waals surface area contributed by atoms with Crippen molar-refractivity contribution in [2.45, 2.75) is 38.9 Å². The largest absolute Gasteiger partial charge is 0.378 e. The van der Waals surface area contributed by atoms with Gasteiger partial charge in [-0.05, 0) is 36.6 Å². The number of hydrogen-bond acceptors (Lipinski definition) is 6. The summed E-state index contributed by atoms with van der Waals surface area (Å²) in [7, 11) is 0. The molecule has 0 spiro atoms. The molecule has 2 fully saturated rings. The number of benzene rings is 2. The first-order valence-electron chi connectivity index (χ1n) is 13.2. The number of amides is 4. The van der Waals surface area contributed by atoms with Crippen LogP contribution in [0.15, 0.2) is 48.5 Å². The van der Waals surface area contributed by atoms with Crippen LogP contribution >= 0.6 is 0 Å². The minimum absolute atomic E-state index is 0.00510. The van der Waals surface area contributed by atoms with E-state index in [0.29, 0.717) is 38.3 Å². The van der Waals surface area contributed by atoms with Crippen molar-refractivity contribution in [2.24, 2.45) is 0 Å². The molecule has 1 unspecified atom stereocenters. The van der Waals surface area contributed by atoms with Gasteiger partial charge in [0.2, 0.25) is 17.7 Å². The molecule has 1 N–H and O–H groups in total. The van der Waals surface area contributed by atoms with Gasteiger partial charge in [-0.15, -0.1) is 0 Å². The molecule has 2 aromatic carbocycles. The van der Waals surface area contributed by atoms with Crippen molar-refractivity contribution in [1.29, 1.82) is 0 Å². The Morgan fingerprint density at radius 3 is 2.56 bits per heavy atom. The average molecular weight is 528 g/mol. The van der Waals surface area contributed by atoms with Crippen LogP contribution in [0.3, 0.4) is 0 Å². The zero-order valence-corrected chi connectivity index (χ0v) is 21.7. The number of rotatable bonds is 5. The summed E-state index contributed by atoms with van der Waals surface area (Å²) in [6.45, 7) is 4.58. The first-order chi connectivity index (χ1) is 18.9. The number of imide groups is 1. The van der Waals surface area contributed by atoms with Gasteiger partial charge in [-0.25, -0.2) is 0 Å². The van der Waals surface area contributed by atoms with E-state index in [4.69, 9.17) is 9.84 Å². The van der Waals surface area contributed by atoms with Crippen molar-refractivity contribution in [3.05, 3.63) is 65.4 Å². The molecule has 2 saturated heterocycles. The summed E-state index contributed by atoms with van der Waals surface area (Å²) >= 11 is 0. The van der Waals surface area contributed by atoms with Crippen molar-refractivity contribution in [2.75, 3.05) is 26.3 Å². The fourth-order valence-electron chi connectivity index (χ4n) is 5.62. The monoisotopic (exact) mass is 527 g/mol. The number of hydrogen-bond donors (Lipinski definition) is 1. The van der Waals surface area contributed by atoms with Crippen molar-refractivity contribution in [3.8, 4) is 22.4 Å². The smallest absolute Gasteiger partial charge is 0.255 e. The second kappa shape index (κ2) is 10.1. The number of fused-ring (bicyclic) bond motifs is 1. The highest BCUT2D eigenvalue weighted by Crippen LogP contribution is 2.37. The van der Waals surface area contributed by atoms with Crippen molar-refractivity contribution >= 4 is 23.6 Å². The van der Waals surface area contributed by atoms with Crippen LogP contribution in [0, 0.1) is 6.92 Å². The minimum Gasteiger partial charge on any atom is -0.378 e. The summed E-state index contributed by atoms with van der Waals surface area (Å²) in [6.07, 6.45) is 0.526. The van der Waals surface area contributed by atoms with E-state index in [9.17, 15) is 19.2 Å². The Bertz CT molecular complexity index is 1470. The van der Waals surface area contributed by atoms with Crippen LogP contribution in [0.2, 0.25) is 0 Å². The molecular weight excluding hydrogens is 498 g/mol. The van der Waals surface area contributed by atoms with Crippen molar-refractivity contribution in [1.82, 2.24) is 24.9 Å². The van der Waals surface area contributed by atoms with Gasteiger partial charge in [0.1, 0.15) is 18.3 Å². The normalized spacial score (nSPS) is 19.3. The van der Waals surface area contributed by atoms with E-state index in [-0.39, 0.29) is 37.2 Å². The number of nitrogens with one attached hydrogen (secondary N) is 1. The van der Waals surface area contributed by atoms with Crippen molar-refractivity contribution < 1.29 is 23.9 Å². The maximum Gasteiger partial charge on any atom is 0.255 e. The fraction of sp³-hybridized carbons (Fsp3) is 0.345. The Morgan fingerprint density at radius 1 is 1.05 bits per heavy atom. The Hall–Kier alpha value is -4.31. The molecule has 0 radical (unpaired) electrons. The van der Waals surface area contributed by atoms with Gasteiger partial charge in [0, 0.05) is 48.4 Å². The molecule has 200 valence electrons. The maximum atomic E-state index is 13.2. The van der Waals surface area contributed by atoms with Gasteiger partial charge >= 0.3 is 0 Å². The van der Waals surface area contributed by atoms with Gasteiger partial charge < -0.3 is 14.5 Å². The molecule has 4 heterocycles. The third kappa shape index (κ3) is 4.61. The molecule has 3 aliphatic rings. The number of aromatic nitrogens is 2. The van der Waals surface area contributed by atoms with E-state index in [1.165, 1.54) is 0 Å². The Morgan fingerprint density at radius 2 is 1.82 bits per heavy atom. The number of piperidine rings is 1. The van der Waals surface area contributed by atoms with Gasteiger partial charge in [-0.2, -0.15) is 5.10 Å². The Balaban J connectivity index is 1.34. The van der Waals surface area contributed by atoms with Crippen LogP contribution in [-0.4, -0.2) is 75.6 Å². The molecule has 10 nitrogen and oxygen atoms in total. The number of carbonyl (C=O) groups is 4. The van der Waals surface area contributed by atoms with Crippen molar-refractivity contribution in [3.63, 3.8) is 0 Å². The molecule has 0 saturated carbocycles. The highest BCUT2D eigenvalue weighted by Gasteiger charge is 2.39. The number of carbonyl (C=O) groups excluding carboxylic acids is 4. The summed E-state index contributed by atoms with van der Waals surface area (Å²) in [6, 6.07) is 14.8. The lowest BCUT2D eigenvalue weighted by molar-refractivity contribution is -0.137. The highest BCUT2D eigenvalue weighted by molar-refractivity contribution is 6.05. The molecular formula is C29H29N5O5. The minimum atomic E-state index is -0.668. The quantitative estimate of drug-likeness (QED) is 0.509. The van der Waals surface area contributed by atoms with Crippen LogP contribution in [0.1, 0.15) is 34.5 Å². The summed E-state index contributed by atoms with van der Waals surface area (Å²) in [5.41, 5.74) is 5.68. The lowest BCUT2D eigenvalue weighted by atomic mass is 9.97. The van der Waals surface area contributed by atoms with Crippen LogP contribution in [0.4, 0.5) is 0 Å². The first kappa shape index (κ1) is 25.0. The summed E-state index contributed by atoms with van der Waals surface area (Å²) < 4.78 is 7.14. The number of nitrogens with zero attached hydrogens (tertiary/aromatic N) is 4. The SMILES string of the molecule is Cc1c(-c2ccccc2)c(-c2ccc3c(c2)CN(C2CCC(=O)NC2=O)C3=O)nn1CC(=O)N1CCOCC1. The van der Waals surface area contributed by atoms with E-state index in [1.807, 2.05) is 49.4 Å². The maximum absolute atomic E-state index is 13.2. The number of ether oxygens (including phenoxy) is 1. The second-order valence-electron chi connectivity index (χ2n) is 10.1. The molecule has 0 aliphatic carbocycles. The Kier molecular flexibility index (Phi) is 6.48. The highest BCUT2D eigenvalue weighted by atomic mass is 16.5. The average Bonchev–Trinajstić information content (AvgIpc) is 3.45. The lowest BCUT2D eigenvalue weighted by Gasteiger charge is -2.29. The van der Waals surface area contributed by atoms with Crippen LogP contribution in [0.25, 0.3) is 22.4 Å².